The number of nitrogens with one attached hydrogen (secondary N) is 1. The highest BCUT2D eigenvalue weighted by Gasteiger charge is 2.39. The summed E-state index contributed by atoms with van der Waals surface area (Å²) in [6, 6.07) is 9.41. The number of rotatable bonds is 6. The molecule has 8 heteroatoms. The van der Waals surface area contributed by atoms with E-state index in [1.54, 1.807) is 6.07 Å². The van der Waals surface area contributed by atoms with Crippen molar-refractivity contribution in [3.8, 4) is 11.5 Å². The van der Waals surface area contributed by atoms with Gasteiger partial charge in [-0.1, -0.05) is 17.7 Å². The molecule has 1 unspecified atom stereocenters. The number of aryl methyl sites for hydroxylation is 2. The van der Waals surface area contributed by atoms with E-state index < -0.39 is 16.1 Å². The van der Waals surface area contributed by atoms with Crippen molar-refractivity contribution in [2.24, 2.45) is 0 Å². The van der Waals surface area contributed by atoms with Gasteiger partial charge in [-0.25, -0.2) is 8.42 Å². The van der Waals surface area contributed by atoms with Crippen LogP contribution in [0.4, 0.5) is 5.69 Å². The number of methoxy groups -OCH3 is 2. The lowest BCUT2D eigenvalue weighted by Crippen LogP contribution is -2.43. The van der Waals surface area contributed by atoms with E-state index in [-0.39, 0.29) is 10.8 Å². The topological polar surface area (TPSA) is 84.9 Å². The molecule has 0 aromatic heterocycles. The lowest BCUT2D eigenvalue weighted by molar-refractivity contribution is -0.119. The second-order valence-corrected chi connectivity index (χ2v) is 8.99. The van der Waals surface area contributed by atoms with Crippen molar-refractivity contribution in [1.82, 2.24) is 4.31 Å². The van der Waals surface area contributed by atoms with Gasteiger partial charge in [0.05, 0.1) is 19.1 Å². The Morgan fingerprint density at radius 2 is 1.79 bits per heavy atom. The third-order valence-corrected chi connectivity index (χ3v) is 7.01. The van der Waals surface area contributed by atoms with Crippen molar-refractivity contribution >= 4 is 21.6 Å². The van der Waals surface area contributed by atoms with Crippen LogP contribution in [0.3, 0.4) is 0 Å². The quantitative estimate of drug-likeness (QED) is 0.779. The summed E-state index contributed by atoms with van der Waals surface area (Å²) in [6.45, 7) is 4.18. The van der Waals surface area contributed by atoms with Gasteiger partial charge in [0.1, 0.15) is 6.04 Å². The van der Waals surface area contributed by atoms with Crippen LogP contribution in [-0.2, 0) is 14.8 Å². The van der Waals surface area contributed by atoms with Crippen molar-refractivity contribution in [2.45, 2.75) is 37.6 Å². The second kappa shape index (κ2) is 8.42. The maximum atomic E-state index is 13.2. The lowest BCUT2D eigenvalue weighted by atomic mass is 10.1. The molecule has 0 saturated carbocycles. The van der Waals surface area contributed by atoms with E-state index in [1.807, 2.05) is 32.0 Å². The lowest BCUT2D eigenvalue weighted by Gasteiger charge is -2.24. The number of nitrogens with zero attached hydrogens (tertiary/aromatic N) is 1. The van der Waals surface area contributed by atoms with E-state index in [0.29, 0.717) is 36.6 Å². The number of benzene rings is 2. The Labute approximate surface area is 171 Å². The zero-order chi connectivity index (χ0) is 21.2. The molecule has 0 aliphatic carbocycles. The van der Waals surface area contributed by atoms with Crippen molar-refractivity contribution in [1.29, 1.82) is 0 Å². The van der Waals surface area contributed by atoms with E-state index in [1.165, 1.54) is 30.7 Å². The molecule has 1 fully saturated rings. The van der Waals surface area contributed by atoms with Crippen LogP contribution >= 0.6 is 0 Å². The predicted octanol–water partition coefficient (Wildman–Crippen LogP) is 3.11. The molecule has 3 rings (SSSR count). The van der Waals surface area contributed by atoms with Crippen LogP contribution in [0.2, 0.25) is 0 Å². The van der Waals surface area contributed by atoms with Crippen molar-refractivity contribution in [3.63, 3.8) is 0 Å². The Balaban J connectivity index is 1.86. The standard InChI is InChI=1S/C21H26N2O5S/c1-14-7-9-17(15(2)12-14)22-21(24)18-6-5-11-23(18)29(25,26)16-8-10-19(27-3)20(13-16)28-4/h7-10,12-13,18H,5-6,11H2,1-4H3,(H,22,24). The fourth-order valence-corrected chi connectivity index (χ4v) is 5.24. The first-order chi connectivity index (χ1) is 13.8. The summed E-state index contributed by atoms with van der Waals surface area (Å²) in [5, 5.41) is 2.88. The fourth-order valence-electron chi connectivity index (χ4n) is 3.57. The van der Waals surface area contributed by atoms with Crippen molar-refractivity contribution in [2.75, 3.05) is 26.1 Å². The number of ether oxygens (including phenoxy) is 2. The summed E-state index contributed by atoms with van der Waals surface area (Å²) in [6.07, 6.45) is 1.10. The number of amides is 1. The minimum Gasteiger partial charge on any atom is -0.493 e. The molecule has 1 heterocycles. The second-order valence-electron chi connectivity index (χ2n) is 7.10. The fraction of sp³-hybridized carbons (Fsp3) is 0.381. The molecule has 1 aliphatic rings. The third-order valence-electron chi connectivity index (χ3n) is 5.11. The zero-order valence-corrected chi connectivity index (χ0v) is 17.9. The molecule has 1 atom stereocenters. The van der Waals surface area contributed by atoms with Crippen molar-refractivity contribution < 1.29 is 22.7 Å². The van der Waals surface area contributed by atoms with Gasteiger partial charge in [-0.2, -0.15) is 4.31 Å². The molecule has 2 aromatic carbocycles. The first-order valence-corrected chi connectivity index (χ1v) is 10.8. The summed E-state index contributed by atoms with van der Waals surface area (Å²) in [5.41, 5.74) is 2.72. The molecule has 1 saturated heterocycles. The average molecular weight is 419 g/mol. The van der Waals surface area contributed by atoms with Gasteiger partial charge in [0.15, 0.2) is 11.5 Å². The molecule has 7 nitrogen and oxygen atoms in total. The highest BCUT2D eigenvalue weighted by atomic mass is 32.2. The molecule has 2 aromatic rings. The van der Waals surface area contributed by atoms with Gasteiger partial charge in [-0.3, -0.25) is 4.79 Å². The Hall–Kier alpha value is -2.58. The number of hydrogen-bond acceptors (Lipinski definition) is 5. The van der Waals surface area contributed by atoms with Crippen LogP contribution in [0, 0.1) is 13.8 Å². The monoisotopic (exact) mass is 418 g/mol. The highest BCUT2D eigenvalue weighted by Crippen LogP contribution is 2.33. The van der Waals surface area contributed by atoms with Gasteiger partial charge in [-0.15, -0.1) is 0 Å². The van der Waals surface area contributed by atoms with Gasteiger partial charge in [0, 0.05) is 18.3 Å². The van der Waals surface area contributed by atoms with Gasteiger partial charge >= 0.3 is 0 Å². The molecule has 0 spiro atoms. The number of sulfonamides is 1. The molecule has 156 valence electrons. The SMILES string of the molecule is COc1ccc(S(=O)(=O)N2CCCC2C(=O)Nc2ccc(C)cc2C)cc1OC. The average Bonchev–Trinajstić information content (AvgIpc) is 3.20. The van der Waals surface area contributed by atoms with Gasteiger partial charge < -0.3 is 14.8 Å². The largest absolute Gasteiger partial charge is 0.493 e. The number of carbonyl (C=O) groups excluding carboxylic acids is 1. The molecule has 1 N–H and O–H groups in total. The Morgan fingerprint density at radius 3 is 2.45 bits per heavy atom. The number of anilines is 1. The van der Waals surface area contributed by atoms with Crippen LogP contribution < -0.4 is 14.8 Å². The van der Waals surface area contributed by atoms with Crippen LogP contribution in [-0.4, -0.2) is 45.4 Å². The van der Waals surface area contributed by atoms with Gasteiger partial charge in [0.25, 0.3) is 0 Å². The number of hydrogen-bond donors (Lipinski definition) is 1. The smallest absolute Gasteiger partial charge is 0.243 e. The molecule has 0 bridgehead atoms. The van der Waals surface area contributed by atoms with E-state index in [4.69, 9.17) is 9.47 Å². The predicted molar refractivity (Wildman–Crippen MR) is 111 cm³/mol. The third kappa shape index (κ3) is 4.23. The summed E-state index contributed by atoms with van der Waals surface area (Å²) in [4.78, 5) is 13.0. The Bertz CT molecular complexity index is 1020. The van der Waals surface area contributed by atoms with Gasteiger partial charge in [0.2, 0.25) is 15.9 Å². The minimum absolute atomic E-state index is 0.0707. The summed E-state index contributed by atoms with van der Waals surface area (Å²) >= 11 is 0. The highest BCUT2D eigenvalue weighted by molar-refractivity contribution is 7.89. The molecule has 1 aliphatic heterocycles. The molecule has 1 amide bonds. The maximum Gasteiger partial charge on any atom is 0.243 e. The van der Waals surface area contributed by atoms with Crippen LogP contribution in [0.15, 0.2) is 41.3 Å². The molecule has 29 heavy (non-hydrogen) atoms. The first-order valence-electron chi connectivity index (χ1n) is 9.40. The maximum absolute atomic E-state index is 13.2. The first kappa shape index (κ1) is 21.1. The Morgan fingerprint density at radius 1 is 1.07 bits per heavy atom. The summed E-state index contributed by atoms with van der Waals surface area (Å²) < 4.78 is 38.1. The molecular formula is C21H26N2O5S. The van der Waals surface area contributed by atoms with E-state index in [0.717, 1.165) is 11.1 Å². The normalized spacial score (nSPS) is 17.2. The van der Waals surface area contributed by atoms with E-state index in [2.05, 4.69) is 5.32 Å². The summed E-state index contributed by atoms with van der Waals surface area (Å²) in [5.74, 6) is 0.444. The van der Waals surface area contributed by atoms with E-state index in [9.17, 15) is 13.2 Å². The van der Waals surface area contributed by atoms with Crippen LogP contribution in [0.25, 0.3) is 0 Å². The van der Waals surface area contributed by atoms with Crippen molar-refractivity contribution in [3.05, 3.63) is 47.5 Å². The minimum atomic E-state index is -3.86. The Kier molecular flexibility index (Phi) is 6.14. The number of carbonyl (C=O) groups is 1. The zero-order valence-electron chi connectivity index (χ0n) is 17.1. The van der Waals surface area contributed by atoms with Gasteiger partial charge in [-0.05, 0) is 50.5 Å². The van der Waals surface area contributed by atoms with Crippen LogP contribution in [0.5, 0.6) is 11.5 Å². The van der Waals surface area contributed by atoms with E-state index >= 15 is 0 Å². The molecule has 0 radical (unpaired) electrons. The summed E-state index contributed by atoms with van der Waals surface area (Å²) in [7, 11) is -0.928. The molecular weight excluding hydrogens is 392 g/mol. The van der Waals surface area contributed by atoms with Crippen LogP contribution in [0.1, 0.15) is 24.0 Å².